The molecule has 1 aromatic heterocycles. The summed E-state index contributed by atoms with van der Waals surface area (Å²) in [6.45, 7) is 2.58. The van der Waals surface area contributed by atoms with E-state index in [1.54, 1.807) is 13.8 Å². The Morgan fingerprint density at radius 2 is 2.06 bits per heavy atom. The summed E-state index contributed by atoms with van der Waals surface area (Å²) in [7, 11) is 0. The summed E-state index contributed by atoms with van der Waals surface area (Å²) in [5.41, 5.74) is -0.530. The fraction of sp³-hybridized carbons (Fsp3) is 0.364. The maximum absolute atomic E-state index is 13.4. The Morgan fingerprint density at radius 3 is 2.56 bits per heavy atom. The summed E-state index contributed by atoms with van der Waals surface area (Å²) in [5.74, 6) is -4.88. The van der Waals surface area contributed by atoms with Gasteiger partial charge in [0.15, 0.2) is 5.82 Å². The number of pyridine rings is 1. The molecule has 5 nitrogen and oxygen atoms in total. The molecule has 0 radical (unpaired) electrons. The summed E-state index contributed by atoms with van der Waals surface area (Å²) in [6.07, 6.45) is 0.949. The van der Waals surface area contributed by atoms with E-state index in [0.717, 1.165) is 17.2 Å². The number of aromatic nitrogens is 1. The van der Waals surface area contributed by atoms with E-state index in [0.29, 0.717) is 0 Å². The molecule has 0 saturated heterocycles. The van der Waals surface area contributed by atoms with Gasteiger partial charge in [-0.25, -0.2) is 9.37 Å². The van der Waals surface area contributed by atoms with Crippen molar-refractivity contribution in [3.63, 3.8) is 0 Å². The SMILES string of the molecule is CC(C)N(CC(=O)O)C(=O)c1ccnc(F)c1F. The zero-order chi connectivity index (χ0) is 13.9. The van der Waals surface area contributed by atoms with Gasteiger partial charge in [-0.1, -0.05) is 0 Å². The van der Waals surface area contributed by atoms with Gasteiger partial charge in [-0.05, 0) is 19.9 Å². The van der Waals surface area contributed by atoms with Gasteiger partial charge in [0.2, 0.25) is 5.95 Å². The molecule has 18 heavy (non-hydrogen) atoms. The van der Waals surface area contributed by atoms with Crippen molar-refractivity contribution in [3.8, 4) is 0 Å². The number of carbonyl (C=O) groups excluding carboxylic acids is 1. The smallest absolute Gasteiger partial charge is 0.323 e. The standard InChI is InChI=1S/C11H12F2N2O3/c1-6(2)15(5-8(16)17)11(18)7-3-4-14-10(13)9(7)12/h3-4,6H,5H2,1-2H3,(H,16,17). The number of carboxylic acid groups (broad SMARTS) is 1. The molecule has 7 heteroatoms. The first-order chi connectivity index (χ1) is 8.34. The first-order valence-electron chi connectivity index (χ1n) is 5.17. The van der Waals surface area contributed by atoms with Crippen LogP contribution in [0.5, 0.6) is 0 Å². The fourth-order valence-corrected chi connectivity index (χ4v) is 1.37. The van der Waals surface area contributed by atoms with Crippen LogP contribution in [-0.4, -0.2) is 39.5 Å². The lowest BCUT2D eigenvalue weighted by Crippen LogP contribution is -2.41. The van der Waals surface area contributed by atoms with Crippen LogP contribution in [0.1, 0.15) is 24.2 Å². The molecule has 0 spiro atoms. The van der Waals surface area contributed by atoms with Crippen LogP contribution in [0.15, 0.2) is 12.3 Å². The van der Waals surface area contributed by atoms with Gasteiger partial charge in [0.25, 0.3) is 5.91 Å². The number of amides is 1. The van der Waals surface area contributed by atoms with Crippen molar-refractivity contribution in [2.24, 2.45) is 0 Å². The molecular weight excluding hydrogens is 246 g/mol. The first-order valence-corrected chi connectivity index (χ1v) is 5.17. The number of rotatable bonds is 4. The summed E-state index contributed by atoms with van der Waals surface area (Å²) < 4.78 is 26.3. The predicted molar refractivity (Wildman–Crippen MR) is 58.0 cm³/mol. The molecule has 1 rings (SSSR count). The van der Waals surface area contributed by atoms with E-state index < -0.39 is 41.8 Å². The lowest BCUT2D eigenvalue weighted by molar-refractivity contribution is -0.138. The second-order valence-corrected chi connectivity index (χ2v) is 3.88. The van der Waals surface area contributed by atoms with Crippen molar-refractivity contribution < 1.29 is 23.5 Å². The van der Waals surface area contributed by atoms with Gasteiger partial charge in [-0.2, -0.15) is 4.39 Å². The maximum atomic E-state index is 13.4. The number of halogens is 2. The number of hydrogen-bond acceptors (Lipinski definition) is 3. The zero-order valence-electron chi connectivity index (χ0n) is 9.85. The van der Waals surface area contributed by atoms with Crippen molar-refractivity contribution in [1.29, 1.82) is 0 Å². The highest BCUT2D eigenvalue weighted by atomic mass is 19.2. The fourth-order valence-electron chi connectivity index (χ4n) is 1.37. The number of carbonyl (C=O) groups is 2. The minimum atomic E-state index is -1.39. The minimum Gasteiger partial charge on any atom is -0.480 e. The van der Waals surface area contributed by atoms with Gasteiger partial charge in [0.1, 0.15) is 6.54 Å². The molecule has 0 fully saturated rings. The molecule has 0 bridgehead atoms. The topological polar surface area (TPSA) is 70.5 Å². The van der Waals surface area contributed by atoms with E-state index in [4.69, 9.17) is 5.11 Å². The largest absolute Gasteiger partial charge is 0.480 e. The van der Waals surface area contributed by atoms with Crippen molar-refractivity contribution in [2.45, 2.75) is 19.9 Å². The Labute approximate surface area is 102 Å². The van der Waals surface area contributed by atoms with E-state index in [-0.39, 0.29) is 0 Å². The Morgan fingerprint density at radius 1 is 1.44 bits per heavy atom. The van der Waals surface area contributed by atoms with Gasteiger partial charge in [-0.3, -0.25) is 9.59 Å². The quantitative estimate of drug-likeness (QED) is 0.826. The molecule has 1 aromatic rings. The lowest BCUT2D eigenvalue weighted by atomic mass is 10.2. The van der Waals surface area contributed by atoms with E-state index >= 15 is 0 Å². The summed E-state index contributed by atoms with van der Waals surface area (Å²) in [5, 5.41) is 8.68. The second kappa shape index (κ2) is 5.52. The first kappa shape index (κ1) is 14.0. The van der Waals surface area contributed by atoms with Crippen LogP contribution in [0.3, 0.4) is 0 Å². The Bertz CT molecular complexity index is 477. The third-order valence-corrected chi connectivity index (χ3v) is 2.27. The van der Waals surface area contributed by atoms with Crippen molar-refractivity contribution in [2.75, 3.05) is 6.54 Å². The third kappa shape index (κ3) is 2.99. The van der Waals surface area contributed by atoms with Gasteiger partial charge in [-0.15, -0.1) is 0 Å². The van der Waals surface area contributed by atoms with E-state index in [2.05, 4.69) is 4.98 Å². The molecule has 1 N–H and O–H groups in total. The lowest BCUT2D eigenvalue weighted by Gasteiger charge is -2.24. The summed E-state index contributed by atoms with van der Waals surface area (Å²) in [6, 6.07) is 0.557. The number of aliphatic carboxylic acids is 1. The summed E-state index contributed by atoms with van der Waals surface area (Å²) >= 11 is 0. The molecule has 98 valence electrons. The van der Waals surface area contributed by atoms with Crippen LogP contribution in [0, 0.1) is 11.8 Å². The predicted octanol–water partition coefficient (Wildman–Crippen LogP) is 1.30. The molecule has 1 heterocycles. The molecule has 0 aliphatic heterocycles. The summed E-state index contributed by atoms with van der Waals surface area (Å²) in [4.78, 5) is 26.5. The van der Waals surface area contributed by atoms with Crippen LogP contribution in [0.4, 0.5) is 8.78 Å². The maximum Gasteiger partial charge on any atom is 0.323 e. The average Bonchev–Trinajstić information content (AvgIpc) is 2.28. The van der Waals surface area contributed by atoms with Crippen molar-refractivity contribution >= 4 is 11.9 Å². The monoisotopic (exact) mass is 258 g/mol. The normalized spacial score (nSPS) is 10.5. The molecule has 1 amide bonds. The molecule has 0 saturated carbocycles. The molecule has 0 atom stereocenters. The average molecular weight is 258 g/mol. The third-order valence-electron chi connectivity index (χ3n) is 2.27. The molecule has 0 aliphatic carbocycles. The van der Waals surface area contributed by atoms with Crippen LogP contribution < -0.4 is 0 Å². The highest BCUT2D eigenvalue weighted by Gasteiger charge is 2.25. The van der Waals surface area contributed by atoms with E-state index in [1.165, 1.54) is 0 Å². The Balaban J connectivity index is 3.10. The van der Waals surface area contributed by atoms with Crippen molar-refractivity contribution in [3.05, 3.63) is 29.6 Å². The van der Waals surface area contributed by atoms with Crippen LogP contribution in [0.25, 0.3) is 0 Å². The zero-order valence-corrected chi connectivity index (χ0v) is 9.85. The Hall–Kier alpha value is -2.05. The highest BCUT2D eigenvalue weighted by molar-refractivity contribution is 5.96. The molecule has 0 unspecified atom stereocenters. The number of nitrogens with zero attached hydrogens (tertiary/aromatic N) is 2. The molecule has 0 aromatic carbocycles. The second-order valence-electron chi connectivity index (χ2n) is 3.88. The van der Waals surface area contributed by atoms with Crippen LogP contribution in [-0.2, 0) is 4.79 Å². The van der Waals surface area contributed by atoms with Gasteiger partial charge >= 0.3 is 5.97 Å². The highest BCUT2D eigenvalue weighted by Crippen LogP contribution is 2.13. The molecule has 0 aliphatic rings. The van der Waals surface area contributed by atoms with E-state index in [1.807, 2.05) is 0 Å². The van der Waals surface area contributed by atoms with Crippen LogP contribution in [0.2, 0.25) is 0 Å². The molecular formula is C11H12F2N2O3. The van der Waals surface area contributed by atoms with Crippen LogP contribution >= 0.6 is 0 Å². The van der Waals surface area contributed by atoms with Crippen molar-refractivity contribution in [1.82, 2.24) is 9.88 Å². The van der Waals surface area contributed by atoms with Gasteiger partial charge in [0, 0.05) is 12.2 Å². The van der Waals surface area contributed by atoms with E-state index in [9.17, 15) is 18.4 Å². The number of hydrogen-bond donors (Lipinski definition) is 1. The van der Waals surface area contributed by atoms with Gasteiger partial charge < -0.3 is 10.0 Å². The minimum absolute atomic E-state index is 0.454. The van der Waals surface area contributed by atoms with Gasteiger partial charge in [0.05, 0.1) is 5.56 Å². The Kier molecular flexibility index (Phi) is 4.30. The number of carboxylic acids is 1.